The van der Waals surface area contributed by atoms with Gasteiger partial charge in [-0.05, 0) is 100 Å². The maximum absolute atomic E-state index is 2.36. The Morgan fingerprint density at radius 1 is 0.326 bits per heavy atom. The van der Waals surface area contributed by atoms with Crippen LogP contribution >= 0.6 is 22.7 Å². The molecule has 0 bridgehead atoms. The second-order valence-corrected chi connectivity index (χ2v) is 14.3. The van der Waals surface area contributed by atoms with Crippen LogP contribution in [0.25, 0.3) is 29.6 Å². The van der Waals surface area contributed by atoms with E-state index in [2.05, 4.69) is 171 Å². The van der Waals surface area contributed by atoms with Crippen molar-refractivity contribution in [1.29, 1.82) is 0 Å². The highest BCUT2D eigenvalue weighted by molar-refractivity contribution is 7.36. The summed E-state index contributed by atoms with van der Waals surface area (Å²) in [5, 5.41) is 2.65. The van der Waals surface area contributed by atoms with Crippen molar-refractivity contribution in [3.63, 3.8) is 0 Å². The molecule has 46 heavy (non-hydrogen) atoms. The molecule has 0 aliphatic carbocycles. The molecule has 0 amide bonds. The van der Waals surface area contributed by atoms with Gasteiger partial charge in [0.15, 0.2) is 0 Å². The van der Waals surface area contributed by atoms with Crippen LogP contribution in [0.2, 0.25) is 0 Å². The summed E-state index contributed by atoms with van der Waals surface area (Å²) in [6.07, 6.45) is 0. The highest BCUT2D eigenvalue weighted by Gasteiger charge is 2.19. The first-order chi connectivity index (χ1) is 22.4. The molecule has 224 valence electrons. The normalized spacial score (nSPS) is 11.5. The third-order valence-corrected chi connectivity index (χ3v) is 11.2. The summed E-state index contributed by atoms with van der Waals surface area (Å²) in [4.78, 5) is 4.72. The fourth-order valence-corrected chi connectivity index (χ4v) is 8.90. The van der Waals surface area contributed by atoms with E-state index in [1.54, 1.807) is 0 Å². The van der Waals surface area contributed by atoms with Crippen molar-refractivity contribution in [1.82, 2.24) is 0 Å². The summed E-state index contributed by atoms with van der Waals surface area (Å²) < 4.78 is 5.37. The number of aryl methyl sites for hydroxylation is 4. The van der Waals surface area contributed by atoms with Crippen LogP contribution in [0.5, 0.6) is 0 Å². The van der Waals surface area contributed by atoms with Crippen molar-refractivity contribution < 1.29 is 0 Å². The Hall–Kier alpha value is -4.90. The third-order valence-electron chi connectivity index (χ3n) is 8.73. The number of anilines is 6. The molecular formula is C42H34N2S2. The Kier molecular flexibility index (Phi) is 7.12. The molecule has 4 heteroatoms. The molecule has 6 aromatic carbocycles. The molecule has 0 spiro atoms. The Bertz CT molecular complexity index is 2070. The third kappa shape index (κ3) is 5.14. The van der Waals surface area contributed by atoms with Crippen LogP contribution < -0.4 is 9.80 Å². The minimum Gasteiger partial charge on any atom is -0.310 e. The molecule has 0 N–H and O–H groups in total. The molecule has 8 rings (SSSR count). The molecule has 2 nitrogen and oxygen atoms in total. The number of fused-ring (bicyclic) bond motifs is 5. The fourth-order valence-electron chi connectivity index (χ4n) is 6.18. The largest absolute Gasteiger partial charge is 0.310 e. The van der Waals surface area contributed by atoms with Crippen LogP contribution in [0.3, 0.4) is 0 Å². The highest BCUT2D eigenvalue weighted by Crippen LogP contribution is 2.48. The van der Waals surface area contributed by atoms with E-state index in [4.69, 9.17) is 0 Å². The monoisotopic (exact) mass is 630 g/mol. The van der Waals surface area contributed by atoms with E-state index in [0.717, 1.165) is 22.7 Å². The van der Waals surface area contributed by atoms with Crippen molar-refractivity contribution in [2.45, 2.75) is 27.7 Å². The van der Waals surface area contributed by atoms with Crippen molar-refractivity contribution in [3.8, 4) is 0 Å². The summed E-state index contributed by atoms with van der Waals surface area (Å²) in [5.41, 5.74) is 12.0. The van der Waals surface area contributed by atoms with Gasteiger partial charge in [-0.2, -0.15) is 0 Å². The van der Waals surface area contributed by atoms with Gasteiger partial charge in [-0.15, -0.1) is 22.7 Å². The molecule has 0 saturated carbocycles. The highest BCUT2D eigenvalue weighted by atomic mass is 32.1. The average Bonchev–Trinajstić information content (AvgIpc) is 3.60. The van der Waals surface area contributed by atoms with Crippen LogP contribution in [0.1, 0.15) is 22.3 Å². The standard InChI is InChI=1S/C42H34N2S2/c1-27-5-13-31(14-6-27)43(32-15-7-28(2)8-16-32)35-21-23-37-39(25-35)45-42-38-24-22-36(26-40(38)46-41(37)42)44(33-17-9-29(3)10-18-33)34-19-11-30(4)12-20-34/h5-26H,1-4H3. The first kappa shape index (κ1) is 28.6. The van der Waals surface area contributed by atoms with E-state index in [-0.39, 0.29) is 0 Å². The van der Waals surface area contributed by atoms with Gasteiger partial charge in [0.2, 0.25) is 0 Å². The van der Waals surface area contributed by atoms with Crippen LogP contribution in [-0.4, -0.2) is 0 Å². The smallest absolute Gasteiger partial charge is 0.0542 e. The van der Waals surface area contributed by atoms with Gasteiger partial charge in [-0.25, -0.2) is 0 Å². The van der Waals surface area contributed by atoms with Gasteiger partial charge in [-0.3, -0.25) is 0 Å². The van der Waals surface area contributed by atoms with Gasteiger partial charge in [0.1, 0.15) is 0 Å². The molecule has 0 unspecified atom stereocenters. The van der Waals surface area contributed by atoms with Crippen molar-refractivity contribution in [2.75, 3.05) is 9.80 Å². The summed E-state index contributed by atoms with van der Waals surface area (Å²) >= 11 is 3.81. The number of rotatable bonds is 6. The zero-order valence-corrected chi connectivity index (χ0v) is 28.0. The van der Waals surface area contributed by atoms with Crippen LogP contribution in [0, 0.1) is 27.7 Å². The van der Waals surface area contributed by atoms with Gasteiger partial charge in [0, 0.05) is 54.3 Å². The molecule has 2 heterocycles. The fraction of sp³-hybridized carbons (Fsp3) is 0.0952. The Labute approximate surface area is 278 Å². The minimum absolute atomic E-state index is 1.16. The topological polar surface area (TPSA) is 6.48 Å². The summed E-state index contributed by atoms with van der Waals surface area (Å²) in [6, 6.07) is 49.2. The molecule has 8 aromatic rings. The lowest BCUT2D eigenvalue weighted by molar-refractivity contribution is 1.27. The molecule has 0 aliphatic heterocycles. The molecule has 0 aliphatic rings. The first-order valence-electron chi connectivity index (χ1n) is 15.7. The van der Waals surface area contributed by atoms with E-state index < -0.39 is 0 Å². The van der Waals surface area contributed by atoms with Gasteiger partial charge >= 0.3 is 0 Å². The second-order valence-electron chi connectivity index (χ2n) is 12.2. The van der Waals surface area contributed by atoms with Crippen LogP contribution in [0.4, 0.5) is 34.1 Å². The summed E-state index contributed by atoms with van der Waals surface area (Å²) in [5.74, 6) is 0. The van der Waals surface area contributed by atoms with E-state index in [1.807, 2.05) is 22.7 Å². The summed E-state index contributed by atoms with van der Waals surface area (Å²) in [7, 11) is 0. The van der Waals surface area contributed by atoms with E-state index in [1.165, 1.54) is 63.2 Å². The zero-order chi connectivity index (χ0) is 31.4. The predicted molar refractivity (Wildman–Crippen MR) is 203 cm³/mol. The lowest BCUT2D eigenvalue weighted by Crippen LogP contribution is -2.09. The number of benzene rings is 6. The quantitative estimate of drug-likeness (QED) is 0.180. The van der Waals surface area contributed by atoms with Crippen LogP contribution in [-0.2, 0) is 0 Å². The Morgan fingerprint density at radius 3 is 0.870 bits per heavy atom. The maximum atomic E-state index is 2.36. The zero-order valence-electron chi connectivity index (χ0n) is 26.4. The minimum atomic E-state index is 1.16. The van der Waals surface area contributed by atoms with Gasteiger partial charge in [-0.1, -0.05) is 82.9 Å². The summed E-state index contributed by atoms with van der Waals surface area (Å²) in [6.45, 7) is 8.56. The van der Waals surface area contributed by atoms with E-state index in [9.17, 15) is 0 Å². The van der Waals surface area contributed by atoms with E-state index >= 15 is 0 Å². The van der Waals surface area contributed by atoms with Crippen molar-refractivity contribution >= 4 is 86.4 Å². The molecular weight excluding hydrogens is 597 g/mol. The Morgan fingerprint density at radius 2 is 0.587 bits per heavy atom. The first-order valence-corrected chi connectivity index (χ1v) is 17.3. The Balaban J connectivity index is 1.23. The van der Waals surface area contributed by atoms with Crippen molar-refractivity contribution in [3.05, 3.63) is 156 Å². The lowest BCUT2D eigenvalue weighted by atomic mass is 10.1. The number of hydrogen-bond donors (Lipinski definition) is 0. The SMILES string of the molecule is Cc1ccc(N(c2ccc(C)cc2)c2ccc3c(c2)sc2c4ccc(N(c5ccc(C)cc5)c5ccc(C)cc5)cc4sc32)cc1. The molecule has 2 aromatic heterocycles. The molecule has 0 radical (unpaired) electrons. The molecule has 0 fully saturated rings. The van der Waals surface area contributed by atoms with Gasteiger partial charge in [0.25, 0.3) is 0 Å². The van der Waals surface area contributed by atoms with Crippen LogP contribution in [0.15, 0.2) is 133 Å². The van der Waals surface area contributed by atoms with E-state index in [0.29, 0.717) is 0 Å². The van der Waals surface area contributed by atoms with Gasteiger partial charge in [0.05, 0.1) is 9.40 Å². The number of thiophene rings is 2. The maximum Gasteiger partial charge on any atom is 0.0542 e. The average molecular weight is 631 g/mol. The second kappa shape index (κ2) is 11.5. The number of nitrogens with zero attached hydrogens (tertiary/aromatic N) is 2. The van der Waals surface area contributed by atoms with Gasteiger partial charge < -0.3 is 9.80 Å². The predicted octanol–water partition coefficient (Wildman–Crippen LogP) is 13.4. The van der Waals surface area contributed by atoms with Crippen molar-refractivity contribution in [2.24, 2.45) is 0 Å². The molecule has 0 atom stereocenters. The molecule has 0 saturated heterocycles. The lowest BCUT2D eigenvalue weighted by Gasteiger charge is -2.26. The number of hydrogen-bond acceptors (Lipinski definition) is 4.